The molecule has 0 radical (unpaired) electrons. The number of rotatable bonds is 1. The minimum absolute atomic E-state index is 0.697. The monoisotopic (exact) mass is 194 g/mol. The van der Waals surface area contributed by atoms with Crippen molar-refractivity contribution in [2.45, 2.75) is 52.0 Å². The molecule has 3 unspecified atom stereocenters. The first kappa shape index (κ1) is 10.0. The summed E-state index contributed by atoms with van der Waals surface area (Å²) in [6.07, 6.45) is 6.53. The van der Waals surface area contributed by atoms with Gasteiger partial charge in [-0.25, -0.2) is 0 Å². The lowest BCUT2D eigenvalue weighted by Gasteiger charge is -2.33. The van der Waals surface area contributed by atoms with Crippen molar-refractivity contribution in [2.24, 2.45) is 16.8 Å². The van der Waals surface area contributed by atoms with Gasteiger partial charge in [0, 0.05) is 19.0 Å². The fraction of sp³-hybridized carbons (Fsp3) is 0.917. The average molecular weight is 194 g/mol. The fourth-order valence-electron chi connectivity index (χ4n) is 2.75. The standard InChI is InChI=1S/C12H22N2/c1-9-5-6-11(10(2)8-9)14-12-4-3-7-13-12/h9-11H,3-8H2,1-2H3,(H,13,14). The van der Waals surface area contributed by atoms with Crippen LogP contribution in [0.15, 0.2) is 4.99 Å². The zero-order chi connectivity index (χ0) is 9.97. The van der Waals surface area contributed by atoms with Crippen molar-refractivity contribution in [1.29, 1.82) is 0 Å². The molecule has 1 aliphatic heterocycles. The van der Waals surface area contributed by atoms with Crippen LogP contribution in [0, 0.1) is 11.8 Å². The van der Waals surface area contributed by atoms with Crippen LogP contribution in [0.5, 0.6) is 0 Å². The zero-order valence-electron chi connectivity index (χ0n) is 9.42. The van der Waals surface area contributed by atoms with E-state index in [-0.39, 0.29) is 0 Å². The van der Waals surface area contributed by atoms with E-state index in [4.69, 9.17) is 0 Å². The molecule has 2 nitrogen and oxygen atoms in total. The predicted octanol–water partition coefficient (Wildman–Crippen LogP) is 2.59. The van der Waals surface area contributed by atoms with Crippen LogP contribution in [0.3, 0.4) is 0 Å². The third kappa shape index (κ3) is 2.28. The van der Waals surface area contributed by atoms with Gasteiger partial charge >= 0.3 is 0 Å². The molecule has 0 aromatic rings. The predicted molar refractivity (Wildman–Crippen MR) is 60.6 cm³/mol. The maximum absolute atomic E-state index is 4.49. The number of aliphatic imine (C=N–C) groups is 1. The summed E-state index contributed by atoms with van der Waals surface area (Å²) in [5, 5.41) is 3.64. The number of hydrogen-bond donors (Lipinski definition) is 1. The van der Waals surface area contributed by atoms with E-state index in [1.54, 1.807) is 0 Å². The van der Waals surface area contributed by atoms with Gasteiger partial charge in [0.15, 0.2) is 0 Å². The van der Waals surface area contributed by atoms with Crippen molar-refractivity contribution < 1.29 is 0 Å². The highest BCUT2D eigenvalue weighted by molar-refractivity contribution is 5.83. The normalized spacial score (nSPS) is 38.1. The van der Waals surface area contributed by atoms with E-state index in [1.807, 2.05) is 0 Å². The fourth-order valence-corrected chi connectivity index (χ4v) is 2.75. The Balaban J connectivity index is 1.85. The maximum Gasteiger partial charge on any atom is 0.0965 e. The summed E-state index contributed by atoms with van der Waals surface area (Å²) in [6, 6.07) is 0.697. The molecule has 2 heteroatoms. The lowest BCUT2D eigenvalue weighted by atomic mass is 9.80. The Labute approximate surface area is 87.2 Å². The highest BCUT2D eigenvalue weighted by atomic mass is 15.0. The molecule has 0 aromatic heterocycles. The second-order valence-electron chi connectivity index (χ2n) is 5.08. The van der Waals surface area contributed by atoms with Gasteiger partial charge in [-0.1, -0.05) is 13.8 Å². The van der Waals surface area contributed by atoms with E-state index in [2.05, 4.69) is 24.2 Å². The third-order valence-electron chi connectivity index (χ3n) is 3.66. The van der Waals surface area contributed by atoms with Crippen molar-refractivity contribution in [2.75, 3.05) is 6.54 Å². The Bertz CT molecular complexity index is 222. The molecule has 80 valence electrons. The average Bonchev–Trinajstić information content (AvgIpc) is 2.62. The summed E-state index contributed by atoms with van der Waals surface area (Å²) < 4.78 is 0. The lowest BCUT2D eigenvalue weighted by molar-refractivity contribution is 0.247. The summed E-state index contributed by atoms with van der Waals surface area (Å²) in [4.78, 5) is 4.49. The van der Waals surface area contributed by atoms with Gasteiger partial charge in [0.1, 0.15) is 0 Å². The van der Waals surface area contributed by atoms with Crippen LogP contribution in [0.25, 0.3) is 0 Å². The number of nitrogens with zero attached hydrogens (tertiary/aromatic N) is 1. The highest BCUT2D eigenvalue weighted by Crippen LogP contribution is 2.28. The first-order valence-corrected chi connectivity index (χ1v) is 6.05. The van der Waals surface area contributed by atoms with Gasteiger partial charge in [-0.3, -0.25) is 4.99 Å². The van der Waals surface area contributed by atoms with Crippen LogP contribution in [-0.4, -0.2) is 18.4 Å². The molecule has 0 aromatic carbocycles. The molecule has 2 rings (SSSR count). The smallest absolute Gasteiger partial charge is 0.0965 e. The summed E-state index contributed by atoms with van der Waals surface area (Å²) in [7, 11) is 0. The molecule has 0 amide bonds. The van der Waals surface area contributed by atoms with Gasteiger partial charge < -0.3 is 5.32 Å². The summed E-state index contributed by atoms with van der Waals surface area (Å²) in [5.41, 5.74) is 0. The van der Waals surface area contributed by atoms with Gasteiger partial charge in [0.2, 0.25) is 0 Å². The Morgan fingerprint density at radius 1 is 1.29 bits per heavy atom. The molecule has 0 saturated heterocycles. The van der Waals surface area contributed by atoms with Gasteiger partial charge in [-0.2, -0.15) is 0 Å². The summed E-state index contributed by atoms with van der Waals surface area (Å²) in [6.45, 7) is 5.79. The molecule has 14 heavy (non-hydrogen) atoms. The first-order chi connectivity index (χ1) is 6.75. The molecule has 1 N–H and O–H groups in total. The molecule has 0 spiro atoms. The Kier molecular flexibility index (Phi) is 3.09. The first-order valence-electron chi connectivity index (χ1n) is 6.05. The maximum atomic E-state index is 4.49. The van der Waals surface area contributed by atoms with Gasteiger partial charge in [-0.05, 0) is 37.5 Å². The minimum Gasteiger partial charge on any atom is -0.371 e. The topological polar surface area (TPSA) is 24.4 Å². The largest absolute Gasteiger partial charge is 0.371 e. The summed E-state index contributed by atoms with van der Waals surface area (Å²) in [5.74, 6) is 3.02. The molecule has 0 bridgehead atoms. The summed E-state index contributed by atoms with van der Waals surface area (Å²) >= 11 is 0. The molecule has 3 atom stereocenters. The van der Waals surface area contributed by atoms with Crippen molar-refractivity contribution in [3.05, 3.63) is 0 Å². The Morgan fingerprint density at radius 2 is 2.14 bits per heavy atom. The number of nitrogens with one attached hydrogen (secondary N) is 1. The zero-order valence-corrected chi connectivity index (χ0v) is 9.42. The van der Waals surface area contributed by atoms with Crippen LogP contribution < -0.4 is 5.32 Å². The molecule has 1 saturated carbocycles. The van der Waals surface area contributed by atoms with E-state index in [0.29, 0.717) is 6.04 Å². The van der Waals surface area contributed by atoms with Crippen molar-refractivity contribution in [3.63, 3.8) is 0 Å². The lowest BCUT2D eigenvalue weighted by Crippen LogP contribution is -2.41. The van der Waals surface area contributed by atoms with E-state index in [0.717, 1.165) is 18.4 Å². The molecular formula is C12H22N2. The second kappa shape index (κ2) is 4.33. The molecule has 1 fully saturated rings. The molecule has 1 heterocycles. The Hall–Kier alpha value is -0.530. The van der Waals surface area contributed by atoms with E-state index >= 15 is 0 Å². The van der Waals surface area contributed by atoms with Crippen LogP contribution in [-0.2, 0) is 0 Å². The van der Waals surface area contributed by atoms with Crippen molar-refractivity contribution in [3.8, 4) is 0 Å². The van der Waals surface area contributed by atoms with E-state index in [9.17, 15) is 0 Å². The van der Waals surface area contributed by atoms with Crippen molar-refractivity contribution >= 4 is 5.84 Å². The Morgan fingerprint density at radius 3 is 2.79 bits per heavy atom. The highest BCUT2D eigenvalue weighted by Gasteiger charge is 2.26. The molecule has 2 aliphatic rings. The van der Waals surface area contributed by atoms with Gasteiger partial charge in [0.25, 0.3) is 0 Å². The second-order valence-corrected chi connectivity index (χ2v) is 5.08. The van der Waals surface area contributed by atoms with Crippen molar-refractivity contribution in [1.82, 2.24) is 5.32 Å². The third-order valence-corrected chi connectivity index (χ3v) is 3.66. The van der Waals surface area contributed by atoms with Gasteiger partial charge in [0.05, 0.1) is 5.84 Å². The van der Waals surface area contributed by atoms with Crippen LogP contribution >= 0.6 is 0 Å². The van der Waals surface area contributed by atoms with Gasteiger partial charge in [-0.15, -0.1) is 0 Å². The quantitative estimate of drug-likeness (QED) is 0.681. The van der Waals surface area contributed by atoms with E-state index in [1.165, 1.54) is 37.9 Å². The molecule has 1 aliphatic carbocycles. The number of hydrogen-bond acceptors (Lipinski definition) is 2. The van der Waals surface area contributed by atoms with Crippen LogP contribution in [0.2, 0.25) is 0 Å². The molecular weight excluding hydrogens is 172 g/mol. The van der Waals surface area contributed by atoms with E-state index < -0.39 is 0 Å². The van der Waals surface area contributed by atoms with Crippen LogP contribution in [0.4, 0.5) is 0 Å². The van der Waals surface area contributed by atoms with Crippen LogP contribution in [0.1, 0.15) is 46.0 Å². The number of amidine groups is 1. The minimum atomic E-state index is 0.697. The SMILES string of the molecule is CC1CCC(NC2=NCCC2)C(C)C1.